The lowest BCUT2D eigenvalue weighted by atomic mass is 10.1. The number of nitrogens with one attached hydrogen (secondary N) is 2. The Labute approximate surface area is 57.0 Å². The fourth-order valence-corrected chi connectivity index (χ4v) is 1.16. The van der Waals surface area contributed by atoms with Crippen LogP contribution in [0.1, 0.15) is 33.1 Å². The highest BCUT2D eigenvalue weighted by molar-refractivity contribution is 4.67. The van der Waals surface area contributed by atoms with E-state index in [9.17, 15) is 0 Å². The van der Waals surface area contributed by atoms with Gasteiger partial charge in [-0.25, -0.2) is 0 Å². The standard InChI is InChI=1S/C7H16N2/c1-6-4-3-5-7(2)9-8-6/h6-9H,3-5H2,1-2H3/t6-,7+. The van der Waals surface area contributed by atoms with Crippen LogP contribution in [0.15, 0.2) is 0 Å². The van der Waals surface area contributed by atoms with Gasteiger partial charge in [0.05, 0.1) is 0 Å². The van der Waals surface area contributed by atoms with Gasteiger partial charge in [0.25, 0.3) is 0 Å². The van der Waals surface area contributed by atoms with Gasteiger partial charge in [-0.05, 0) is 26.7 Å². The van der Waals surface area contributed by atoms with Gasteiger partial charge < -0.3 is 0 Å². The summed E-state index contributed by atoms with van der Waals surface area (Å²) >= 11 is 0. The molecule has 0 aromatic rings. The minimum atomic E-state index is 0.648. The van der Waals surface area contributed by atoms with Crippen LogP contribution in [0.2, 0.25) is 0 Å². The molecule has 0 saturated carbocycles. The zero-order valence-electron chi connectivity index (χ0n) is 6.28. The number of rotatable bonds is 0. The topological polar surface area (TPSA) is 24.1 Å². The highest BCUT2D eigenvalue weighted by atomic mass is 15.4. The molecule has 0 aromatic carbocycles. The van der Waals surface area contributed by atoms with Gasteiger partial charge in [0.15, 0.2) is 0 Å². The van der Waals surface area contributed by atoms with Gasteiger partial charge in [0.2, 0.25) is 0 Å². The highest BCUT2D eigenvalue weighted by Gasteiger charge is 2.09. The third-order valence-electron chi connectivity index (χ3n) is 1.85. The molecule has 1 aliphatic rings. The summed E-state index contributed by atoms with van der Waals surface area (Å²) in [7, 11) is 0. The van der Waals surface area contributed by atoms with Crippen molar-refractivity contribution in [1.29, 1.82) is 0 Å². The van der Waals surface area contributed by atoms with Gasteiger partial charge in [-0.3, -0.25) is 10.9 Å². The van der Waals surface area contributed by atoms with Crippen LogP contribution in [0, 0.1) is 0 Å². The molecule has 0 unspecified atom stereocenters. The van der Waals surface area contributed by atoms with E-state index in [1.807, 2.05) is 0 Å². The van der Waals surface area contributed by atoms with E-state index in [1.54, 1.807) is 0 Å². The van der Waals surface area contributed by atoms with E-state index in [4.69, 9.17) is 0 Å². The first-order valence-corrected chi connectivity index (χ1v) is 3.80. The van der Waals surface area contributed by atoms with Crippen molar-refractivity contribution in [3.8, 4) is 0 Å². The summed E-state index contributed by atoms with van der Waals surface area (Å²) in [5.41, 5.74) is 6.49. The maximum absolute atomic E-state index is 3.24. The van der Waals surface area contributed by atoms with Crippen LogP contribution in [0.4, 0.5) is 0 Å². The molecule has 0 bridgehead atoms. The van der Waals surface area contributed by atoms with Crippen molar-refractivity contribution in [2.75, 3.05) is 0 Å². The van der Waals surface area contributed by atoms with Crippen LogP contribution in [-0.4, -0.2) is 12.1 Å². The molecule has 2 N–H and O–H groups in total. The third-order valence-corrected chi connectivity index (χ3v) is 1.85. The van der Waals surface area contributed by atoms with Crippen LogP contribution in [0.5, 0.6) is 0 Å². The van der Waals surface area contributed by atoms with Crippen molar-refractivity contribution in [3.63, 3.8) is 0 Å². The molecule has 0 spiro atoms. The molecular formula is C7H16N2. The second kappa shape index (κ2) is 3.18. The van der Waals surface area contributed by atoms with Crippen LogP contribution < -0.4 is 10.9 Å². The minimum absolute atomic E-state index is 0.648. The van der Waals surface area contributed by atoms with Crippen LogP contribution >= 0.6 is 0 Å². The van der Waals surface area contributed by atoms with E-state index in [0.717, 1.165) is 0 Å². The monoisotopic (exact) mass is 128 g/mol. The van der Waals surface area contributed by atoms with Gasteiger partial charge >= 0.3 is 0 Å². The van der Waals surface area contributed by atoms with Gasteiger partial charge in [-0.15, -0.1) is 0 Å². The summed E-state index contributed by atoms with van der Waals surface area (Å²) in [6.45, 7) is 4.43. The summed E-state index contributed by atoms with van der Waals surface area (Å²) in [4.78, 5) is 0. The Hall–Kier alpha value is -0.0800. The Morgan fingerprint density at radius 2 is 1.44 bits per heavy atom. The molecule has 1 aliphatic heterocycles. The molecule has 54 valence electrons. The molecule has 0 aromatic heterocycles. The van der Waals surface area contributed by atoms with Crippen molar-refractivity contribution in [1.82, 2.24) is 10.9 Å². The van der Waals surface area contributed by atoms with Crippen molar-refractivity contribution < 1.29 is 0 Å². The normalized spacial score (nSPS) is 38.0. The van der Waals surface area contributed by atoms with Gasteiger partial charge in [0.1, 0.15) is 0 Å². The molecule has 0 radical (unpaired) electrons. The molecule has 1 saturated heterocycles. The Kier molecular flexibility index (Phi) is 2.49. The Balaban J connectivity index is 2.25. The predicted octanol–water partition coefficient (Wildman–Crippen LogP) is 1.04. The first-order valence-electron chi connectivity index (χ1n) is 3.80. The molecule has 2 atom stereocenters. The molecule has 2 heteroatoms. The van der Waals surface area contributed by atoms with E-state index in [1.165, 1.54) is 19.3 Å². The maximum atomic E-state index is 3.24. The summed E-state index contributed by atoms with van der Waals surface area (Å²) in [6, 6.07) is 1.30. The molecule has 1 heterocycles. The first-order chi connectivity index (χ1) is 4.29. The van der Waals surface area contributed by atoms with E-state index in [2.05, 4.69) is 24.7 Å². The molecule has 0 aliphatic carbocycles. The third kappa shape index (κ3) is 2.33. The maximum Gasteiger partial charge on any atom is 0.0184 e. The Bertz CT molecular complexity index is 73.0. The van der Waals surface area contributed by atoms with Gasteiger partial charge in [-0.2, -0.15) is 0 Å². The van der Waals surface area contributed by atoms with Crippen molar-refractivity contribution in [3.05, 3.63) is 0 Å². The predicted molar refractivity (Wildman–Crippen MR) is 39.0 cm³/mol. The number of hydrogen-bond acceptors (Lipinski definition) is 2. The lowest BCUT2D eigenvalue weighted by Crippen LogP contribution is -2.41. The molecule has 0 amide bonds. The largest absolute Gasteiger partial charge is 0.255 e. The van der Waals surface area contributed by atoms with Crippen molar-refractivity contribution >= 4 is 0 Å². The SMILES string of the molecule is C[C@@H]1CCC[C@H](C)NN1. The lowest BCUT2D eigenvalue weighted by molar-refractivity contribution is 0.428. The molecular weight excluding hydrogens is 112 g/mol. The fourth-order valence-electron chi connectivity index (χ4n) is 1.16. The van der Waals surface area contributed by atoms with E-state index >= 15 is 0 Å². The van der Waals surface area contributed by atoms with Gasteiger partial charge in [-0.1, -0.05) is 6.42 Å². The molecule has 9 heavy (non-hydrogen) atoms. The van der Waals surface area contributed by atoms with Crippen LogP contribution in [0.3, 0.4) is 0 Å². The molecule has 1 fully saturated rings. The number of hydrogen-bond donors (Lipinski definition) is 2. The van der Waals surface area contributed by atoms with Crippen molar-refractivity contribution in [2.24, 2.45) is 0 Å². The van der Waals surface area contributed by atoms with E-state index in [-0.39, 0.29) is 0 Å². The zero-order chi connectivity index (χ0) is 6.69. The highest BCUT2D eigenvalue weighted by Crippen LogP contribution is 2.06. The second-order valence-electron chi connectivity index (χ2n) is 3.02. The van der Waals surface area contributed by atoms with Crippen molar-refractivity contribution in [2.45, 2.75) is 45.2 Å². The molecule has 1 rings (SSSR count). The zero-order valence-corrected chi connectivity index (χ0v) is 6.28. The van der Waals surface area contributed by atoms with Crippen LogP contribution in [0.25, 0.3) is 0 Å². The Morgan fingerprint density at radius 1 is 1.00 bits per heavy atom. The van der Waals surface area contributed by atoms with Crippen LogP contribution in [-0.2, 0) is 0 Å². The minimum Gasteiger partial charge on any atom is -0.255 e. The summed E-state index contributed by atoms with van der Waals surface area (Å²) < 4.78 is 0. The fraction of sp³-hybridized carbons (Fsp3) is 1.00. The average Bonchev–Trinajstić information content (AvgIpc) is 1.97. The smallest absolute Gasteiger partial charge is 0.0184 e. The molecule has 2 nitrogen and oxygen atoms in total. The van der Waals surface area contributed by atoms with E-state index < -0.39 is 0 Å². The quantitative estimate of drug-likeness (QED) is 0.509. The Morgan fingerprint density at radius 3 is 1.89 bits per heavy atom. The van der Waals surface area contributed by atoms with E-state index in [0.29, 0.717) is 12.1 Å². The summed E-state index contributed by atoms with van der Waals surface area (Å²) in [5, 5.41) is 0. The second-order valence-corrected chi connectivity index (χ2v) is 3.02. The van der Waals surface area contributed by atoms with Gasteiger partial charge in [0, 0.05) is 12.1 Å². The first kappa shape index (κ1) is 7.03. The lowest BCUT2D eigenvalue weighted by Gasteiger charge is -2.11. The summed E-state index contributed by atoms with van der Waals surface area (Å²) in [5.74, 6) is 0. The average molecular weight is 128 g/mol. The summed E-state index contributed by atoms with van der Waals surface area (Å²) in [6.07, 6.45) is 3.96. The number of hydrazine groups is 1.